The molecule has 0 bridgehead atoms. The minimum Gasteiger partial charge on any atom is -0.313 e. The molecule has 1 aromatic rings. The van der Waals surface area contributed by atoms with Crippen LogP contribution in [0.5, 0.6) is 0 Å². The van der Waals surface area contributed by atoms with E-state index >= 15 is 0 Å². The molecule has 0 aromatic carbocycles. The van der Waals surface area contributed by atoms with Crippen molar-refractivity contribution >= 4 is 11.6 Å². The van der Waals surface area contributed by atoms with Crippen LogP contribution in [0.25, 0.3) is 0 Å². The van der Waals surface area contributed by atoms with Gasteiger partial charge in [-0.3, -0.25) is 4.68 Å². The Morgan fingerprint density at radius 2 is 2.11 bits per heavy atom. The highest BCUT2D eigenvalue weighted by Gasteiger charge is 2.33. The van der Waals surface area contributed by atoms with E-state index in [0.717, 1.165) is 29.9 Å². The van der Waals surface area contributed by atoms with Gasteiger partial charge in [-0.2, -0.15) is 5.10 Å². The van der Waals surface area contributed by atoms with Crippen molar-refractivity contribution in [2.75, 3.05) is 6.54 Å². The fourth-order valence-corrected chi connectivity index (χ4v) is 2.66. The number of rotatable bonds is 6. The Balaban J connectivity index is 2.14. The van der Waals surface area contributed by atoms with Gasteiger partial charge in [0, 0.05) is 25.2 Å². The van der Waals surface area contributed by atoms with Crippen LogP contribution in [-0.2, 0) is 13.5 Å². The van der Waals surface area contributed by atoms with Crippen molar-refractivity contribution < 1.29 is 0 Å². The fourth-order valence-electron chi connectivity index (χ4n) is 2.41. The standard InChI is InChI=1S/C15H26ClN3/c1-10(2)15(4,9-17-12-6-7-12)8-13-11(3)18-19(5)14(13)16/h10,12,17H,6-9H2,1-5H3. The summed E-state index contributed by atoms with van der Waals surface area (Å²) in [7, 11) is 1.91. The van der Waals surface area contributed by atoms with E-state index in [1.165, 1.54) is 18.4 Å². The van der Waals surface area contributed by atoms with Crippen molar-refractivity contribution in [3.05, 3.63) is 16.4 Å². The summed E-state index contributed by atoms with van der Waals surface area (Å²) in [4.78, 5) is 0. The third-order valence-corrected chi connectivity index (χ3v) is 5.09. The Morgan fingerprint density at radius 1 is 1.47 bits per heavy atom. The predicted molar refractivity (Wildman–Crippen MR) is 80.6 cm³/mol. The van der Waals surface area contributed by atoms with Gasteiger partial charge in [-0.1, -0.05) is 32.4 Å². The number of halogens is 1. The van der Waals surface area contributed by atoms with Crippen LogP contribution in [0.4, 0.5) is 0 Å². The highest BCUT2D eigenvalue weighted by Crippen LogP contribution is 2.35. The summed E-state index contributed by atoms with van der Waals surface area (Å²) in [6.45, 7) is 10.1. The Hall–Kier alpha value is -0.540. The summed E-state index contributed by atoms with van der Waals surface area (Å²) < 4.78 is 1.78. The minimum atomic E-state index is 0.222. The van der Waals surface area contributed by atoms with E-state index in [9.17, 15) is 0 Å². The van der Waals surface area contributed by atoms with Crippen LogP contribution in [0.2, 0.25) is 5.15 Å². The zero-order valence-electron chi connectivity index (χ0n) is 12.8. The first kappa shape index (κ1) is 14.9. The number of nitrogens with zero attached hydrogens (tertiary/aromatic N) is 2. The predicted octanol–water partition coefficient (Wildman–Crippen LogP) is 3.34. The van der Waals surface area contributed by atoms with Gasteiger partial charge >= 0.3 is 0 Å². The molecule has 1 fully saturated rings. The first-order chi connectivity index (χ1) is 8.83. The van der Waals surface area contributed by atoms with Crippen molar-refractivity contribution in [1.82, 2.24) is 15.1 Å². The molecule has 0 spiro atoms. The highest BCUT2D eigenvalue weighted by atomic mass is 35.5. The Labute approximate surface area is 121 Å². The second-order valence-corrected chi connectivity index (χ2v) is 6.98. The van der Waals surface area contributed by atoms with Crippen LogP contribution < -0.4 is 5.32 Å². The largest absolute Gasteiger partial charge is 0.313 e. The quantitative estimate of drug-likeness (QED) is 0.868. The average molecular weight is 284 g/mol. The normalized spacial score (nSPS) is 18.9. The van der Waals surface area contributed by atoms with E-state index in [2.05, 4.69) is 38.1 Å². The van der Waals surface area contributed by atoms with E-state index in [1.807, 2.05) is 7.05 Å². The zero-order chi connectivity index (χ0) is 14.2. The third kappa shape index (κ3) is 3.32. The van der Waals surface area contributed by atoms with Gasteiger partial charge in [-0.15, -0.1) is 0 Å². The highest BCUT2D eigenvalue weighted by molar-refractivity contribution is 6.30. The molecule has 1 saturated carbocycles. The molecule has 1 heterocycles. The zero-order valence-corrected chi connectivity index (χ0v) is 13.5. The molecule has 1 aromatic heterocycles. The van der Waals surface area contributed by atoms with E-state index < -0.39 is 0 Å². The number of nitrogens with one attached hydrogen (secondary N) is 1. The average Bonchev–Trinajstić information content (AvgIpc) is 3.12. The molecule has 19 heavy (non-hydrogen) atoms. The summed E-state index contributed by atoms with van der Waals surface area (Å²) in [6.07, 6.45) is 3.66. The smallest absolute Gasteiger partial charge is 0.130 e. The van der Waals surface area contributed by atoms with Crippen LogP contribution in [0.3, 0.4) is 0 Å². The number of hydrogen-bond donors (Lipinski definition) is 1. The van der Waals surface area contributed by atoms with Crippen LogP contribution in [0.15, 0.2) is 0 Å². The molecule has 4 heteroatoms. The molecular weight excluding hydrogens is 258 g/mol. The molecule has 1 aliphatic rings. The SMILES string of the molecule is Cc1nn(C)c(Cl)c1CC(C)(CNC1CC1)C(C)C. The first-order valence-electron chi connectivity index (χ1n) is 7.25. The van der Waals surface area contributed by atoms with Crippen molar-refractivity contribution in [2.45, 2.75) is 53.0 Å². The van der Waals surface area contributed by atoms with Crippen LogP contribution in [0.1, 0.15) is 44.9 Å². The molecule has 0 aliphatic heterocycles. The van der Waals surface area contributed by atoms with Gasteiger partial charge < -0.3 is 5.32 Å². The lowest BCUT2D eigenvalue weighted by Crippen LogP contribution is -2.39. The van der Waals surface area contributed by atoms with Crippen LogP contribution in [0, 0.1) is 18.3 Å². The van der Waals surface area contributed by atoms with E-state index in [0.29, 0.717) is 5.92 Å². The van der Waals surface area contributed by atoms with Crippen molar-refractivity contribution in [3.8, 4) is 0 Å². The third-order valence-electron chi connectivity index (χ3n) is 4.62. The topological polar surface area (TPSA) is 29.9 Å². The lowest BCUT2D eigenvalue weighted by atomic mass is 9.74. The van der Waals surface area contributed by atoms with E-state index in [-0.39, 0.29) is 5.41 Å². The monoisotopic (exact) mass is 283 g/mol. The molecular formula is C15H26ClN3. The number of aromatic nitrogens is 2. The Morgan fingerprint density at radius 3 is 2.53 bits per heavy atom. The van der Waals surface area contributed by atoms with Crippen LogP contribution >= 0.6 is 11.6 Å². The summed E-state index contributed by atoms with van der Waals surface area (Å²) in [5.74, 6) is 0.606. The second-order valence-electron chi connectivity index (χ2n) is 6.62. The Kier molecular flexibility index (Phi) is 4.26. The molecule has 108 valence electrons. The van der Waals surface area contributed by atoms with Gasteiger partial charge in [-0.25, -0.2) is 0 Å². The first-order valence-corrected chi connectivity index (χ1v) is 7.62. The van der Waals surface area contributed by atoms with E-state index in [4.69, 9.17) is 11.6 Å². The molecule has 1 atom stereocenters. The minimum absolute atomic E-state index is 0.222. The maximum Gasteiger partial charge on any atom is 0.130 e. The van der Waals surface area contributed by atoms with Crippen molar-refractivity contribution in [2.24, 2.45) is 18.4 Å². The lowest BCUT2D eigenvalue weighted by Gasteiger charge is -2.34. The summed E-state index contributed by atoms with van der Waals surface area (Å²) in [5, 5.41) is 8.89. The fraction of sp³-hybridized carbons (Fsp3) is 0.800. The number of hydrogen-bond acceptors (Lipinski definition) is 2. The maximum absolute atomic E-state index is 6.38. The molecule has 2 rings (SSSR count). The molecule has 1 aliphatic carbocycles. The Bertz CT molecular complexity index is 448. The van der Waals surface area contributed by atoms with Gasteiger partial charge in [0.25, 0.3) is 0 Å². The number of aryl methyl sites for hydroxylation is 2. The molecule has 1 unspecified atom stereocenters. The molecule has 0 amide bonds. The van der Waals surface area contributed by atoms with Gasteiger partial charge in [0.05, 0.1) is 5.69 Å². The van der Waals surface area contributed by atoms with Gasteiger partial charge in [0.1, 0.15) is 5.15 Å². The second kappa shape index (κ2) is 5.45. The van der Waals surface area contributed by atoms with Gasteiger partial charge in [-0.05, 0) is 37.5 Å². The van der Waals surface area contributed by atoms with Crippen LogP contribution in [-0.4, -0.2) is 22.4 Å². The van der Waals surface area contributed by atoms with E-state index in [1.54, 1.807) is 4.68 Å². The summed E-state index contributed by atoms with van der Waals surface area (Å²) >= 11 is 6.38. The lowest BCUT2D eigenvalue weighted by molar-refractivity contribution is 0.206. The summed E-state index contributed by atoms with van der Waals surface area (Å²) in [6, 6.07) is 0.753. The van der Waals surface area contributed by atoms with Gasteiger partial charge in [0.15, 0.2) is 0 Å². The maximum atomic E-state index is 6.38. The van der Waals surface area contributed by atoms with Crippen molar-refractivity contribution in [1.29, 1.82) is 0 Å². The van der Waals surface area contributed by atoms with Crippen molar-refractivity contribution in [3.63, 3.8) is 0 Å². The molecule has 1 N–H and O–H groups in total. The molecule has 0 saturated heterocycles. The summed E-state index contributed by atoms with van der Waals surface area (Å²) in [5.41, 5.74) is 2.49. The van der Waals surface area contributed by atoms with Gasteiger partial charge in [0.2, 0.25) is 0 Å². The molecule has 0 radical (unpaired) electrons. The molecule has 3 nitrogen and oxygen atoms in total.